The van der Waals surface area contributed by atoms with E-state index >= 15 is 0 Å². The Hall–Kier alpha value is -1.11. The average molecular weight is 272 g/mol. The molecule has 1 unspecified atom stereocenters. The maximum absolute atomic E-state index is 11.7. The fourth-order valence-electron chi connectivity index (χ4n) is 1.47. The largest absolute Gasteiger partial charge is 0.399 e. The first kappa shape index (κ1) is 14.9. The third kappa shape index (κ3) is 5.48. The van der Waals surface area contributed by atoms with Crippen molar-refractivity contribution in [3.8, 4) is 0 Å². The van der Waals surface area contributed by atoms with E-state index < -0.39 is 16.1 Å². The van der Waals surface area contributed by atoms with Gasteiger partial charge in [-0.1, -0.05) is 19.1 Å². The highest BCUT2D eigenvalue weighted by atomic mass is 32.2. The number of aliphatic hydroxyl groups is 1. The Kier molecular flexibility index (Phi) is 5.58. The summed E-state index contributed by atoms with van der Waals surface area (Å²) in [5.74, 6) is -0.0739. The van der Waals surface area contributed by atoms with E-state index in [-0.39, 0.29) is 12.3 Å². The van der Waals surface area contributed by atoms with Crippen LogP contribution in [0, 0.1) is 0 Å². The van der Waals surface area contributed by atoms with Crippen molar-refractivity contribution in [2.24, 2.45) is 0 Å². The molecule has 0 aliphatic carbocycles. The molecule has 1 aromatic rings. The summed E-state index contributed by atoms with van der Waals surface area (Å²) < 4.78 is 25.9. The molecular weight excluding hydrogens is 252 g/mol. The number of anilines is 1. The van der Waals surface area contributed by atoms with Crippen LogP contribution < -0.4 is 10.5 Å². The van der Waals surface area contributed by atoms with Crippen LogP contribution >= 0.6 is 0 Å². The molecule has 102 valence electrons. The molecular formula is C12H20N2O3S. The number of hydrogen-bond donors (Lipinski definition) is 3. The van der Waals surface area contributed by atoms with Gasteiger partial charge in [0.2, 0.25) is 10.0 Å². The molecule has 0 fully saturated rings. The summed E-state index contributed by atoms with van der Waals surface area (Å²) in [6.07, 6.45) is 0.598. The van der Waals surface area contributed by atoms with Crippen molar-refractivity contribution < 1.29 is 13.5 Å². The highest BCUT2D eigenvalue weighted by molar-refractivity contribution is 7.88. The van der Waals surface area contributed by atoms with E-state index in [1.165, 1.54) is 0 Å². The molecule has 0 aromatic heterocycles. The first-order valence-corrected chi connectivity index (χ1v) is 7.58. The van der Waals surface area contributed by atoms with Gasteiger partial charge in [0.25, 0.3) is 0 Å². The Bertz CT molecular complexity index is 457. The second-order valence-corrected chi connectivity index (χ2v) is 6.05. The second kappa shape index (κ2) is 6.72. The standard InChI is InChI=1S/C12H20N2O3S/c1-2-12(15)7-8-14-18(16,17)9-10-3-5-11(13)6-4-10/h3-6,12,14-15H,2,7-9,13H2,1H3. The molecule has 0 heterocycles. The van der Waals surface area contributed by atoms with Gasteiger partial charge in [-0.3, -0.25) is 0 Å². The summed E-state index contributed by atoms with van der Waals surface area (Å²) in [6, 6.07) is 6.72. The van der Waals surface area contributed by atoms with Crippen LogP contribution in [-0.4, -0.2) is 26.2 Å². The van der Waals surface area contributed by atoms with Crippen molar-refractivity contribution in [1.82, 2.24) is 4.72 Å². The van der Waals surface area contributed by atoms with E-state index in [2.05, 4.69) is 4.72 Å². The number of benzene rings is 1. The maximum Gasteiger partial charge on any atom is 0.215 e. The van der Waals surface area contributed by atoms with Gasteiger partial charge in [-0.2, -0.15) is 0 Å². The Labute approximate surface area is 108 Å². The fraction of sp³-hybridized carbons (Fsp3) is 0.500. The van der Waals surface area contributed by atoms with Crippen molar-refractivity contribution in [3.05, 3.63) is 29.8 Å². The Morgan fingerprint density at radius 2 is 1.94 bits per heavy atom. The van der Waals surface area contributed by atoms with Gasteiger partial charge < -0.3 is 10.8 Å². The summed E-state index contributed by atoms with van der Waals surface area (Å²) >= 11 is 0. The molecule has 0 saturated heterocycles. The lowest BCUT2D eigenvalue weighted by molar-refractivity contribution is 0.162. The lowest BCUT2D eigenvalue weighted by atomic mass is 10.2. The minimum absolute atomic E-state index is 0.0739. The number of aliphatic hydroxyl groups excluding tert-OH is 1. The van der Waals surface area contributed by atoms with Crippen molar-refractivity contribution in [1.29, 1.82) is 0 Å². The van der Waals surface area contributed by atoms with Gasteiger partial charge in [0, 0.05) is 12.2 Å². The summed E-state index contributed by atoms with van der Waals surface area (Å²) in [5.41, 5.74) is 6.82. The zero-order chi connectivity index (χ0) is 13.6. The molecule has 6 heteroatoms. The number of rotatable bonds is 7. The van der Waals surface area contributed by atoms with Crippen LogP contribution in [0.3, 0.4) is 0 Å². The number of hydrogen-bond acceptors (Lipinski definition) is 4. The number of sulfonamides is 1. The Morgan fingerprint density at radius 1 is 1.33 bits per heavy atom. The first-order chi connectivity index (χ1) is 8.43. The normalized spacial score (nSPS) is 13.4. The number of nitrogens with one attached hydrogen (secondary N) is 1. The van der Waals surface area contributed by atoms with Crippen LogP contribution in [0.25, 0.3) is 0 Å². The molecule has 0 aliphatic rings. The molecule has 1 aromatic carbocycles. The number of nitrogens with two attached hydrogens (primary N) is 1. The molecule has 0 saturated carbocycles. The van der Waals surface area contributed by atoms with Gasteiger partial charge >= 0.3 is 0 Å². The van der Waals surface area contributed by atoms with Crippen molar-refractivity contribution in [3.63, 3.8) is 0 Å². The summed E-state index contributed by atoms with van der Waals surface area (Å²) in [4.78, 5) is 0. The van der Waals surface area contributed by atoms with Gasteiger partial charge in [-0.05, 0) is 30.5 Å². The topological polar surface area (TPSA) is 92.4 Å². The van der Waals surface area contributed by atoms with Crippen molar-refractivity contribution >= 4 is 15.7 Å². The third-order valence-electron chi connectivity index (χ3n) is 2.61. The van der Waals surface area contributed by atoms with E-state index in [4.69, 9.17) is 5.73 Å². The van der Waals surface area contributed by atoms with E-state index in [1.54, 1.807) is 24.3 Å². The molecule has 0 bridgehead atoms. The van der Waals surface area contributed by atoms with Crippen LogP contribution in [0.15, 0.2) is 24.3 Å². The van der Waals surface area contributed by atoms with Crippen LogP contribution in [0.5, 0.6) is 0 Å². The smallest absolute Gasteiger partial charge is 0.215 e. The van der Waals surface area contributed by atoms with Crippen LogP contribution in [0.2, 0.25) is 0 Å². The monoisotopic (exact) mass is 272 g/mol. The molecule has 0 spiro atoms. The lowest BCUT2D eigenvalue weighted by Gasteiger charge is -2.09. The first-order valence-electron chi connectivity index (χ1n) is 5.93. The predicted molar refractivity (Wildman–Crippen MR) is 72.4 cm³/mol. The summed E-state index contributed by atoms with van der Waals surface area (Å²) in [5, 5.41) is 9.33. The van der Waals surface area contributed by atoms with Gasteiger partial charge in [0.1, 0.15) is 0 Å². The van der Waals surface area contributed by atoms with Crippen molar-refractivity contribution in [2.45, 2.75) is 31.6 Å². The molecule has 4 N–H and O–H groups in total. The molecule has 0 radical (unpaired) electrons. The van der Waals surface area contributed by atoms with Crippen LogP contribution in [-0.2, 0) is 15.8 Å². The molecule has 18 heavy (non-hydrogen) atoms. The Balaban J connectivity index is 2.47. The highest BCUT2D eigenvalue weighted by Crippen LogP contribution is 2.08. The second-order valence-electron chi connectivity index (χ2n) is 4.25. The van der Waals surface area contributed by atoms with Crippen molar-refractivity contribution in [2.75, 3.05) is 12.3 Å². The molecule has 5 nitrogen and oxygen atoms in total. The SMILES string of the molecule is CCC(O)CCNS(=O)(=O)Cc1ccc(N)cc1. The molecule has 0 aliphatic heterocycles. The van der Waals surface area contributed by atoms with Gasteiger partial charge in [0.05, 0.1) is 11.9 Å². The zero-order valence-corrected chi connectivity index (χ0v) is 11.3. The lowest BCUT2D eigenvalue weighted by Crippen LogP contribution is -2.28. The van der Waals surface area contributed by atoms with Crippen LogP contribution in [0.4, 0.5) is 5.69 Å². The minimum Gasteiger partial charge on any atom is -0.399 e. The fourth-order valence-corrected chi connectivity index (χ4v) is 2.63. The van der Waals surface area contributed by atoms with Gasteiger partial charge in [0.15, 0.2) is 0 Å². The van der Waals surface area contributed by atoms with E-state index in [0.29, 0.717) is 24.1 Å². The van der Waals surface area contributed by atoms with E-state index in [1.807, 2.05) is 6.92 Å². The predicted octanol–water partition coefficient (Wildman–Crippen LogP) is 0.849. The highest BCUT2D eigenvalue weighted by Gasteiger charge is 2.11. The quantitative estimate of drug-likeness (QED) is 0.642. The minimum atomic E-state index is -3.35. The van der Waals surface area contributed by atoms with E-state index in [9.17, 15) is 13.5 Å². The molecule has 0 amide bonds. The van der Waals surface area contributed by atoms with Crippen LogP contribution in [0.1, 0.15) is 25.3 Å². The zero-order valence-electron chi connectivity index (χ0n) is 10.5. The molecule has 1 rings (SSSR count). The van der Waals surface area contributed by atoms with Gasteiger partial charge in [-0.25, -0.2) is 13.1 Å². The maximum atomic E-state index is 11.7. The van der Waals surface area contributed by atoms with Gasteiger partial charge in [-0.15, -0.1) is 0 Å². The van der Waals surface area contributed by atoms with E-state index in [0.717, 1.165) is 0 Å². The third-order valence-corrected chi connectivity index (χ3v) is 3.96. The Morgan fingerprint density at radius 3 is 2.50 bits per heavy atom. The molecule has 1 atom stereocenters. The summed E-state index contributed by atoms with van der Waals surface area (Å²) in [7, 11) is -3.35. The average Bonchev–Trinajstić information content (AvgIpc) is 2.31. The summed E-state index contributed by atoms with van der Waals surface area (Å²) in [6.45, 7) is 2.11. The number of nitrogen functional groups attached to an aromatic ring is 1.